The van der Waals surface area contributed by atoms with Gasteiger partial charge in [0.05, 0.1) is 28.2 Å². The predicted molar refractivity (Wildman–Crippen MR) is 125 cm³/mol. The average molecular weight is 484 g/mol. The fraction of sp³-hybridized carbons (Fsp3) is 0.130. The third-order valence-electron chi connectivity index (χ3n) is 4.88. The third-order valence-corrected chi connectivity index (χ3v) is 6.67. The van der Waals surface area contributed by atoms with Gasteiger partial charge in [-0.3, -0.25) is 19.2 Å². The number of ether oxygens (including phenoxy) is 1. The summed E-state index contributed by atoms with van der Waals surface area (Å²) in [6.07, 6.45) is 0. The van der Waals surface area contributed by atoms with Crippen LogP contribution in [0.5, 0.6) is 0 Å². The van der Waals surface area contributed by atoms with Gasteiger partial charge in [0.15, 0.2) is 0 Å². The SMILES string of the molecule is COC(=O)c1ccc(C)c(NC(=O)CN(c2cccc([N+](=O)[O-])c2)S(=O)(=O)c2ccccc2)c1. The lowest BCUT2D eigenvalue weighted by Crippen LogP contribution is -2.38. The molecule has 0 spiro atoms. The van der Waals surface area contributed by atoms with Crippen LogP contribution in [0, 0.1) is 17.0 Å². The van der Waals surface area contributed by atoms with Gasteiger partial charge in [0.1, 0.15) is 6.54 Å². The van der Waals surface area contributed by atoms with Crippen molar-refractivity contribution in [3.05, 3.63) is 94.0 Å². The topological polar surface area (TPSA) is 136 Å². The number of esters is 1. The number of hydrogen-bond donors (Lipinski definition) is 1. The molecule has 0 saturated heterocycles. The Balaban J connectivity index is 1.98. The molecule has 0 aromatic heterocycles. The molecule has 0 aliphatic heterocycles. The quantitative estimate of drug-likeness (QED) is 0.294. The Hall–Kier alpha value is -4.25. The zero-order valence-corrected chi connectivity index (χ0v) is 19.1. The summed E-state index contributed by atoms with van der Waals surface area (Å²) in [5, 5.41) is 13.8. The Bertz CT molecular complexity index is 1340. The lowest BCUT2D eigenvalue weighted by Gasteiger charge is -2.24. The Morgan fingerprint density at radius 1 is 1.03 bits per heavy atom. The van der Waals surface area contributed by atoms with Crippen LogP contribution in [-0.2, 0) is 19.6 Å². The number of methoxy groups -OCH3 is 1. The highest BCUT2D eigenvalue weighted by molar-refractivity contribution is 7.92. The molecule has 1 amide bonds. The monoisotopic (exact) mass is 483 g/mol. The van der Waals surface area contributed by atoms with E-state index in [1.807, 2.05) is 0 Å². The number of nitrogens with one attached hydrogen (secondary N) is 1. The van der Waals surface area contributed by atoms with Crippen LogP contribution in [-0.4, -0.2) is 38.9 Å². The van der Waals surface area contributed by atoms with Gasteiger partial charge in [-0.2, -0.15) is 0 Å². The second-order valence-electron chi connectivity index (χ2n) is 7.17. The van der Waals surface area contributed by atoms with E-state index in [2.05, 4.69) is 10.1 Å². The van der Waals surface area contributed by atoms with E-state index in [0.29, 0.717) is 11.3 Å². The first-order valence-electron chi connectivity index (χ1n) is 9.94. The van der Waals surface area contributed by atoms with Crippen molar-refractivity contribution in [2.45, 2.75) is 11.8 Å². The van der Waals surface area contributed by atoms with Crippen LogP contribution >= 0.6 is 0 Å². The first-order chi connectivity index (χ1) is 16.1. The van der Waals surface area contributed by atoms with Crippen molar-refractivity contribution in [2.24, 2.45) is 0 Å². The maximum absolute atomic E-state index is 13.4. The molecule has 3 aromatic carbocycles. The molecule has 0 saturated carbocycles. The van der Waals surface area contributed by atoms with E-state index < -0.39 is 33.4 Å². The van der Waals surface area contributed by atoms with E-state index in [4.69, 9.17) is 0 Å². The molecule has 0 aliphatic carbocycles. The summed E-state index contributed by atoms with van der Waals surface area (Å²) < 4.78 is 32.2. The van der Waals surface area contributed by atoms with Gasteiger partial charge in [-0.15, -0.1) is 0 Å². The highest BCUT2D eigenvalue weighted by atomic mass is 32.2. The minimum atomic E-state index is -4.24. The number of rotatable bonds is 8. The molecule has 0 atom stereocenters. The average Bonchev–Trinajstić information content (AvgIpc) is 2.84. The Labute approximate surface area is 196 Å². The molecule has 0 radical (unpaired) electrons. The van der Waals surface area contributed by atoms with Crippen LogP contribution in [0.15, 0.2) is 77.7 Å². The van der Waals surface area contributed by atoms with E-state index in [0.717, 1.165) is 10.4 Å². The lowest BCUT2D eigenvalue weighted by atomic mass is 10.1. The van der Waals surface area contributed by atoms with E-state index >= 15 is 0 Å². The summed E-state index contributed by atoms with van der Waals surface area (Å²) in [5.41, 5.74) is 0.759. The molecule has 0 fully saturated rings. The van der Waals surface area contributed by atoms with Crippen LogP contribution in [0.4, 0.5) is 17.1 Å². The number of hydrogen-bond acceptors (Lipinski definition) is 7. The van der Waals surface area contributed by atoms with Gasteiger partial charge >= 0.3 is 5.97 Å². The number of nitrogens with zero attached hydrogens (tertiary/aromatic N) is 2. The fourth-order valence-electron chi connectivity index (χ4n) is 3.12. The van der Waals surface area contributed by atoms with Crippen molar-refractivity contribution in [2.75, 3.05) is 23.3 Å². The first-order valence-corrected chi connectivity index (χ1v) is 11.4. The van der Waals surface area contributed by atoms with Crippen molar-refractivity contribution in [3.63, 3.8) is 0 Å². The molecule has 3 aromatic rings. The molecule has 3 rings (SSSR count). The lowest BCUT2D eigenvalue weighted by molar-refractivity contribution is -0.384. The van der Waals surface area contributed by atoms with E-state index in [1.54, 1.807) is 19.1 Å². The summed E-state index contributed by atoms with van der Waals surface area (Å²) >= 11 is 0. The summed E-state index contributed by atoms with van der Waals surface area (Å²) in [4.78, 5) is 35.2. The molecular weight excluding hydrogens is 462 g/mol. The zero-order chi connectivity index (χ0) is 24.9. The molecule has 0 bridgehead atoms. The van der Waals surface area contributed by atoms with E-state index in [-0.39, 0.29) is 21.8 Å². The van der Waals surface area contributed by atoms with Crippen LogP contribution in [0.3, 0.4) is 0 Å². The maximum Gasteiger partial charge on any atom is 0.337 e. The smallest absolute Gasteiger partial charge is 0.337 e. The Morgan fingerprint density at radius 3 is 2.38 bits per heavy atom. The molecule has 0 unspecified atom stereocenters. The summed E-state index contributed by atoms with van der Waals surface area (Å²) in [6.45, 7) is 1.04. The minimum absolute atomic E-state index is 0.0479. The maximum atomic E-state index is 13.4. The van der Waals surface area contributed by atoms with Crippen LogP contribution in [0.1, 0.15) is 15.9 Å². The van der Waals surface area contributed by atoms with Gasteiger partial charge < -0.3 is 10.1 Å². The number of aryl methyl sites for hydroxylation is 1. The molecule has 11 heteroatoms. The van der Waals surface area contributed by atoms with E-state index in [1.165, 1.54) is 61.7 Å². The predicted octanol–water partition coefficient (Wildman–Crippen LogP) is 3.52. The van der Waals surface area contributed by atoms with Crippen LogP contribution in [0.2, 0.25) is 0 Å². The number of non-ortho nitro benzene ring substituents is 1. The highest BCUT2D eigenvalue weighted by Crippen LogP contribution is 2.27. The van der Waals surface area contributed by atoms with E-state index in [9.17, 15) is 28.1 Å². The van der Waals surface area contributed by atoms with Crippen molar-refractivity contribution < 1.29 is 27.7 Å². The van der Waals surface area contributed by atoms with Crippen molar-refractivity contribution in [3.8, 4) is 0 Å². The fourth-order valence-corrected chi connectivity index (χ4v) is 4.55. The molecule has 0 aliphatic rings. The number of nitro groups is 1. The second kappa shape index (κ2) is 10.1. The zero-order valence-electron chi connectivity index (χ0n) is 18.3. The number of amides is 1. The molecule has 10 nitrogen and oxygen atoms in total. The number of carbonyl (C=O) groups is 2. The number of nitro benzene ring substituents is 1. The summed E-state index contributed by atoms with van der Waals surface area (Å²) in [5.74, 6) is -1.31. The number of benzene rings is 3. The Morgan fingerprint density at radius 2 is 1.74 bits per heavy atom. The first kappa shape index (κ1) is 24.4. The highest BCUT2D eigenvalue weighted by Gasteiger charge is 2.28. The van der Waals surface area contributed by atoms with Gasteiger partial charge in [-0.25, -0.2) is 13.2 Å². The molecule has 34 heavy (non-hydrogen) atoms. The number of carbonyl (C=O) groups excluding carboxylic acids is 2. The van der Waals surface area contributed by atoms with Crippen LogP contribution < -0.4 is 9.62 Å². The summed E-state index contributed by atoms with van der Waals surface area (Å²) in [7, 11) is -3.02. The van der Waals surface area contributed by atoms with Gasteiger partial charge in [-0.05, 0) is 42.8 Å². The van der Waals surface area contributed by atoms with Crippen molar-refractivity contribution >= 4 is 39.0 Å². The van der Waals surface area contributed by atoms with Gasteiger partial charge in [0.25, 0.3) is 15.7 Å². The number of sulfonamides is 1. The molecular formula is C23H21N3O7S. The van der Waals surface area contributed by atoms with Crippen molar-refractivity contribution in [1.29, 1.82) is 0 Å². The third kappa shape index (κ3) is 5.38. The second-order valence-corrected chi connectivity index (χ2v) is 9.03. The van der Waals surface area contributed by atoms with Crippen molar-refractivity contribution in [1.82, 2.24) is 0 Å². The van der Waals surface area contributed by atoms with Crippen LogP contribution in [0.25, 0.3) is 0 Å². The van der Waals surface area contributed by atoms with Gasteiger partial charge in [-0.1, -0.05) is 30.3 Å². The summed E-state index contributed by atoms with van der Waals surface area (Å²) in [6, 6.07) is 17.0. The normalized spacial score (nSPS) is 10.9. The largest absolute Gasteiger partial charge is 0.465 e. The molecule has 1 N–H and O–H groups in total. The number of anilines is 2. The molecule has 0 heterocycles. The van der Waals surface area contributed by atoms with Gasteiger partial charge in [0, 0.05) is 17.8 Å². The molecule has 176 valence electrons. The minimum Gasteiger partial charge on any atom is -0.465 e. The standard InChI is InChI=1S/C23H21N3O7S/c1-16-11-12-17(23(28)33-2)13-21(16)24-22(27)15-25(18-7-6-8-19(14-18)26(29)30)34(31,32)20-9-4-3-5-10-20/h3-14H,15H2,1-2H3,(H,24,27). The Kier molecular flexibility index (Phi) is 7.27. The van der Waals surface area contributed by atoms with Gasteiger partial charge in [0.2, 0.25) is 5.91 Å².